The van der Waals surface area contributed by atoms with Crippen molar-refractivity contribution in [1.29, 1.82) is 0 Å². The van der Waals surface area contributed by atoms with Gasteiger partial charge in [-0.25, -0.2) is 0 Å². The Hall–Kier alpha value is -0.0800. The van der Waals surface area contributed by atoms with Crippen LogP contribution in [0.2, 0.25) is 0 Å². The Bertz CT molecular complexity index is 159. The summed E-state index contributed by atoms with van der Waals surface area (Å²) in [6.45, 7) is 3.06. The molecule has 76 valence electrons. The molecule has 0 radical (unpaired) electrons. The molecule has 2 rings (SSSR count). The second-order valence-electron chi connectivity index (χ2n) is 4.39. The van der Waals surface area contributed by atoms with E-state index in [0.29, 0.717) is 6.10 Å². The lowest BCUT2D eigenvalue weighted by Gasteiger charge is -2.39. The average molecular weight is 184 g/mol. The maximum Gasteiger partial charge on any atom is 0.168 e. The molecule has 2 aliphatic heterocycles. The molecular weight excluding hydrogens is 164 g/mol. The third-order valence-corrected chi connectivity index (χ3v) is 3.15. The zero-order chi connectivity index (χ0) is 9.15. The Morgan fingerprint density at radius 1 is 1.08 bits per heavy atom. The van der Waals surface area contributed by atoms with Gasteiger partial charge in [0, 0.05) is 12.8 Å². The maximum atomic E-state index is 5.97. The quantitative estimate of drug-likeness (QED) is 0.576. The van der Waals surface area contributed by atoms with Gasteiger partial charge in [0.05, 0.1) is 12.7 Å². The van der Waals surface area contributed by atoms with Gasteiger partial charge in [0.15, 0.2) is 5.79 Å². The Morgan fingerprint density at radius 2 is 1.92 bits per heavy atom. The number of hydrogen-bond acceptors (Lipinski definition) is 2. The summed E-state index contributed by atoms with van der Waals surface area (Å²) in [6.07, 6.45) is 8.86. The SMILES string of the molecule is CC1CCCC2(CCCCCO2)O1. The fourth-order valence-corrected chi connectivity index (χ4v) is 2.44. The van der Waals surface area contributed by atoms with Crippen LogP contribution in [0.4, 0.5) is 0 Å². The normalized spacial score (nSPS) is 41.8. The first-order chi connectivity index (χ1) is 6.31. The van der Waals surface area contributed by atoms with E-state index in [1.807, 2.05) is 0 Å². The predicted octanol–water partition coefficient (Wildman–Crippen LogP) is 2.86. The molecule has 2 nitrogen and oxygen atoms in total. The van der Waals surface area contributed by atoms with Gasteiger partial charge in [0.1, 0.15) is 0 Å². The highest BCUT2D eigenvalue weighted by Gasteiger charge is 2.37. The monoisotopic (exact) mass is 184 g/mol. The van der Waals surface area contributed by atoms with Gasteiger partial charge in [-0.15, -0.1) is 0 Å². The molecule has 0 aromatic rings. The Labute approximate surface area is 80.6 Å². The smallest absolute Gasteiger partial charge is 0.168 e. The van der Waals surface area contributed by atoms with Crippen LogP contribution in [0.15, 0.2) is 0 Å². The van der Waals surface area contributed by atoms with E-state index >= 15 is 0 Å². The largest absolute Gasteiger partial charge is 0.350 e. The van der Waals surface area contributed by atoms with Crippen LogP contribution in [0, 0.1) is 0 Å². The molecule has 2 aliphatic rings. The highest BCUT2D eigenvalue weighted by molar-refractivity contribution is 4.78. The van der Waals surface area contributed by atoms with E-state index in [4.69, 9.17) is 9.47 Å². The lowest BCUT2D eigenvalue weighted by atomic mass is 9.97. The van der Waals surface area contributed by atoms with Crippen LogP contribution in [-0.2, 0) is 9.47 Å². The molecule has 0 amide bonds. The first-order valence-corrected chi connectivity index (χ1v) is 5.63. The minimum Gasteiger partial charge on any atom is -0.350 e. The fraction of sp³-hybridized carbons (Fsp3) is 1.00. The van der Waals surface area contributed by atoms with E-state index in [-0.39, 0.29) is 5.79 Å². The van der Waals surface area contributed by atoms with Crippen LogP contribution < -0.4 is 0 Å². The van der Waals surface area contributed by atoms with Gasteiger partial charge in [0.2, 0.25) is 0 Å². The molecule has 13 heavy (non-hydrogen) atoms. The second-order valence-corrected chi connectivity index (χ2v) is 4.39. The van der Waals surface area contributed by atoms with Gasteiger partial charge < -0.3 is 9.47 Å². The maximum absolute atomic E-state index is 5.97. The van der Waals surface area contributed by atoms with Crippen molar-refractivity contribution in [3.63, 3.8) is 0 Å². The standard InChI is InChI=1S/C11H20O2/c1-10-6-5-8-11(13-10)7-3-2-4-9-12-11/h10H,2-9H2,1H3. The van der Waals surface area contributed by atoms with Gasteiger partial charge in [-0.3, -0.25) is 0 Å². The van der Waals surface area contributed by atoms with Gasteiger partial charge >= 0.3 is 0 Å². The summed E-state index contributed by atoms with van der Waals surface area (Å²) in [7, 11) is 0. The average Bonchev–Trinajstić information content (AvgIpc) is 2.31. The fourth-order valence-electron chi connectivity index (χ4n) is 2.44. The molecule has 2 atom stereocenters. The minimum absolute atomic E-state index is 0.186. The van der Waals surface area contributed by atoms with Gasteiger partial charge in [-0.05, 0) is 32.6 Å². The molecule has 2 saturated heterocycles. The lowest BCUT2D eigenvalue weighted by Crippen LogP contribution is -2.41. The number of rotatable bonds is 0. The summed E-state index contributed by atoms with van der Waals surface area (Å²) in [5, 5.41) is 0. The van der Waals surface area contributed by atoms with E-state index in [1.165, 1.54) is 32.1 Å². The molecule has 2 heterocycles. The summed E-state index contributed by atoms with van der Waals surface area (Å²) < 4.78 is 11.9. The molecule has 0 aromatic carbocycles. The van der Waals surface area contributed by atoms with E-state index in [9.17, 15) is 0 Å². The van der Waals surface area contributed by atoms with Crippen molar-refractivity contribution in [3.8, 4) is 0 Å². The van der Waals surface area contributed by atoms with Crippen molar-refractivity contribution in [3.05, 3.63) is 0 Å². The van der Waals surface area contributed by atoms with Gasteiger partial charge in [-0.1, -0.05) is 6.42 Å². The lowest BCUT2D eigenvalue weighted by molar-refractivity contribution is -0.276. The molecule has 2 heteroatoms. The van der Waals surface area contributed by atoms with Crippen molar-refractivity contribution in [2.45, 2.75) is 63.8 Å². The molecule has 0 aliphatic carbocycles. The number of hydrogen-bond donors (Lipinski definition) is 0. The Morgan fingerprint density at radius 3 is 2.77 bits per heavy atom. The van der Waals surface area contributed by atoms with E-state index in [2.05, 4.69) is 6.92 Å². The highest BCUT2D eigenvalue weighted by atomic mass is 16.7. The molecule has 1 spiro atoms. The Balaban J connectivity index is 1.99. The minimum atomic E-state index is -0.186. The molecule has 0 N–H and O–H groups in total. The predicted molar refractivity (Wildman–Crippen MR) is 51.5 cm³/mol. The molecular formula is C11H20O2. The first kappa shape index (κ1) is 9.47. The van der Waals surface area contributed by atoms with Crippen LogP contribution in [0.25, 0.3) is 0 Å². The summed E-state index contributed by atoms with van der Waals surface area (Å²) in [4.78, 5) is 0. The molecule has 2 fully saturated rings. The van der Waals surface area contributed by atoms with Crippen molar-refractivity contribution < 1.29 is 9.47 Å². The zero-order valence-electron chi connectivity index (χ0n) is 8.55. The van der Waals surface area contributed by atoms with Crippen molar-refractivity contribution >= 4 is 0 Å². The highest BCUT2D eigenvalue weighted by Crippen LogP contribution is 2.36. The third kappa shape index (κ3) is 2.23. The Kier molecular flexibility index (Phi) is 2.89. The van der Waals surface area contributed by atoms with E-state index < -0.39 is 0 Å². The molecule has 0 saturated carbocycles. The second kappa shape index (κ2) is 3.97. The summed E-state index contributed by atoms with van der Waals surface area (Å²) in [5.41, 5.74) is 0. The van der Waals surface area contributed by atoms with Crippen LogP contribution in [0.3, 0.4) is 0 Å². The van der Waals surface area contributed by atoms with Gasteiger partial charge in [-0.2, -0.15) is 0 Å². The molecule has 2 unspecified atom stereocenters. The van der Waals surface area contributed by atoms with Crippen LogP contribution >= 0.6 is 0 Å². The number of ether oxygens (including phenoxy) is 2. The molecule has 0 aromatic heterocycles. The van der Waals surface area contributed by atoms with Crippen molar-refractivity contribution in [1.82, 2.24) is 0 Å². The summed E-state index contributed by atoms with van der Waals surface area (Å²) in [5.74, 6) is -0.186. The zero-order valence-corrected chi connectivity index (χ0v) is 8.55. The summed E-state index contributed by atoms with van der Waals surface area (Å²) >= 11 is 0. The van der Waals surface area contributed by atoms with E-state index in [1.54, 1.807) is 0 Å². The van der Waals surface area contributed by atoms with E-state index in [0.717, 1.165) is 19.4 Å². The van der Waals surface area contributed by atoms with Crippen LogP contribution in [-0.4, -0.2) is 18.5 Å². The first-order valence-electron chi connectivity index (χ1n) is 5.63. The van der Waals surface area contributed by atoms with Crippen molar-refractivity contribution in [2.75, 3.05) is 6.61 Å². The summed E-state index contributed by atoms with van der Waals surface area (Å²) in [6, 6.07) is 0. The third-order valence-electron chi connectivity index (χ3n) is 3.15. The topological polar surface area (TPSA) is 18.5 Å². The van der Waals surface area contributed by atoms with Crippen LogP contribution in [0.1, 0.15) is 51.9 Å². The van der Waals surface area contributed by atoms with Gasteiger partial charge in [0.25, 0.3) is 0 Å². The molecule has 0 bridgehead atoms. The van der Waals surface area contributed by atoms with Crippen molar-refractivity contribution in [2.24, 2.45) is 0 Å². The van der Waals surface area contributed by atoms with Crippen LogP contribution in [0.5, 0.6) is 0 Å².